The van der Waals surface area contributed by atoms with Crippen LogP contribution in [0.4, 0.5) is 0 Å². The Hall–Kier alpha value is -1.09. The van der Waals surface area contributed by atoms with E-state index in [1.807, 2.05) is 7.05 Å². The normalized spacial score (nSPS) is 18.6. The van der Waals surface area contributed by atoms with Crippen molar-refractivity contribution in [3.05, 3.63) is 23.8 Å². The van der Waals surface area contributed by atoms with Gasteiger partial charge in [0.2, 0.25) is 5.91 Å². The van der Waals surface area contributed by atoms with E-state index in [9.17, 15) is 4.79 Å². The molecule has 0 fully saturated rings. The summed E-state index contributed by atoms with van der Waals surface area (Å²) in [4.78, 5) is 11.7. The van der Waals surface area contributed by atoms with E-state index in [2.05, 4.69) is 35.8 Å². The molecular weight excluding hydrogens is 224 g/mol. The summed E-state index contributed by atoms with van der Waals surface area (Å²) in [6, 6.07) is 0.197. The molecule has 1 aliphatic rings. The zero-order valence-electron chi connectivity index (χ0n) is 11.7. The molecule has 0 aromatic carbocycles. The van der Waals surface area contributed by atoms with Crippen molar-refractivity contribution >= 4 is 5.91 Å². The van der Waals surface area contributed by atoms with E-state index in [0.717, 1.165) is 32.2 Å². The highest BCUT2D eigenvalue weighted by atomic mass is 16.1. The Morgan fingerprint density at radius 2 is 2.28 bits per heavy atom. The third-order valence-corrected chi connectivity index (χ3v) is 3.14. The molecule has 1 unspecified atom stereocenters. The Morgan fingerprint density at radius 1 is 1.44 bits per heavy atom. The number of amides is 1. The van der Waals surface area contributed by atoms with Gasteiger partial charge in [0.25, 0.3) is 0 Å². The van der Waals surface area contributed by atoms with Crippen LogP contribution in [0.3, 0.4) is 0 Å². The molecule has 3 nitrogen and oxygen atoms in total. The summed E-state index contributed by atoms with van der Waals surface area (Å²) in [6.07, 6.45) is 12.4. The number of nitrogens with one attached hydrogen (secondary N) is 2. The zero-order chi connectivity index (χ0) is 13.2. The van der Waals surface area contributed by atoms with Gasteiger partial charge in [0, 0.05) is 6.42 Å². The lowest BCUT2D eigenvalue weighted by atomic mass is 10.00. The smallest absolute Gasteiger partial charge is 0.220 e. The van der Waals surface area contributed by atoms with Crippen LogP contribution >= 0.6 is 0 Å². The van der Waals surface area contributed by atoms with Crippen molar-refractivity contribution in [1.82, 2.24) is 10.6 Å². The van der Waals surface area contributed by atoms with Crippen molar-refractivity contribution < 1.29 is 4.79 Å². The predicted molar refractivity (Wildman–Crippen MR) is 76.5 cm³/mol. The molecule has 0 saturated heterocycles. The van der Waals surface area contributed by atoms with Crippen LogP contribution < -0.4 is 10.6 Å². The van der Waals surface area contributed by atoms with Crippen LogP contribution in [-0.4, -0.2) is 25.5 Å². The average molecular weight is 250 g/mol. The molecule has 0 spiro atoms. The van der Waals surface area contributed by atoms with Gasteiger partial charge in [-0.25, -0.2) is 0 Å². The Labute approximate surface area is 111 Å². The van der Waals surface area contributed by atoms with Crippen LogP contribution in [-0.2, 0) is 4.79 Å². The molecule has 0 aromatic rings. The van der Waals surface area contributed by atoms with E-state index in [1.54, 1.807) is 0 Å². The third kappa shape index (κ3) is 6.01. The number of hydrogen-bond donors (Lipinski definition) is 2. The molecule has 0 saturated carbocycles. The van der Waals surface area contributed by atoms with Crippen molar-refractivity contribution in [1.29, 1.82) is 0 Å². The second-order valence-electron chi connectivity index (χ2n) is 4.86. The van der Waals surface area contributed by atoms with E-state index in [-0.39, 0.29) is 11.9 Å². The minimum Gasteiger partial charge on any atom is -0.350 e. The molecule has 18 heavy (non-hydrogen) atoms. The van der Waals surface area contributed by atoms with Crippen molar-refractivity contribution in [2.45, 2.75) is 51.5 Å². The fourth-order valence-corrected chi connectivity index (χ4v) is 2.11. The first kappa shape index (κ1) is 15.0. The standard InChI is InChI=1S/C15H26N2O/c1-3-6-13-8-10-14(11-9-13)17-15(18)7-4-5-12-16-2/h8-10,14,16H,3-7,11-12H2,1-2H3,(H,17,18). The molecule has 0 aromatic heterocycles. The van der Waals surface area contributed by atoms with Crippen molar-refractivity contribution in [2.75, 3.05) is 13.6 Å². The number of unbranched alkanes of at least 4 members (excludes halogenated alkanes) is 1. The predicted octanol–water partition coefficient (Wildman–Crippen LogP) is 2.55. The fourth-order valence-electron chi connectivity index (χ4n) is 2.11. The number of carbonyl (C=O) groups is 1. The first-order valence-electron chi connectivity index (χ1n) is 7.07. The molecule has 0 bridgehead atoms. The van der Waals surface area contributed by atoms with E-state index in [0.29, 0.717) is 6.42 Å². The molecule has 1 atom stereocenters. The summed E-state index contributed by atoms with van der Waals surface area (Å²) in [5.41, 5.74) is 1.40. The first-order chi connectivity index (χ1) is 8.76. The Bertz CT molecular complexity index is 308. The Balaban J connectivity index is 2.17. The summed E-state index contributed by atoms with van der Waals surface area (Å²) < 4.78 is 0. The van der Waals surface area contributed by atoms with Crippen LogP contribution in [0, 0.1) is 0 Å². The van der Waals surface area contributed by atoms with Crippen LogP contribution in [0.2, 0.25) is 0 Å². The highest BCUT2D eigenvalue weighted by Crippen LogP contribution is 2.15. The highest BCUT2D eigenvalue weighted by Gasteiger charge is 2.11. The summed E-state index contributed by atoms with van der Waals surface area (Å²) in [5, 5.41) is 6.16. The van der Waals surface area contributed by atoms with E-state index >= 15 is 0 Å². The number of rotatable bonds is 8. The lowest BCUT2D eigenvalue weighted by molar-refractivity contribution is -0.121. The summed E-state index contributed by atoms with van der Waals surface area (Å²) >= 11 is 0. The molecule has 0 aliphatic heterocycles. The number of hydrogen-bond acceptors (Lipinski definition) is 2. The van der Waals surface area contributed by atoms with Crippen LogP contribution in [0.25, 0.3) is 0 Å². The Morgan fingerprint density at radius 3 is 2.89 bits per heavy atom. The first-order valence-corrected chi connectivity index (χ1v) is 7.07. The Kier molecular flexibility index (Phi) is 7.42. The fraction of sp³-hybridized carbons (Fsp3) is 0.667. The summed E-state index contributed by atoms with van der Waals surface area (Å²) in [5.74, 6) is 0.174. The zero-order valence-corrected chi connectivity index (χ0v) is 11.7. The number of carbonyl (C=O) groups excluding carboxylic acids is 1. The van der Waals surface area contributed by atoms with E-state index in [4.69, 9.17) is 0 Å². The SMILES string of the molecule is CCCC1=CCC(NC(=O)CCCCNC)C=C1. The second kappa shape index (κ2) is 8.92. The molecule has 1 amide bonds. The van der Waals surface area contributed by atoms with Gasteiger partial charge in [0.1, 0.15) is 0 Å². The topological polar surface area (TPSA) is 41.1 Å². The van der Waals surface area contributed by atoms with Gasteiger partial charge < -0.3 is 10.6 Å². The largest absolute Gasteiger partial charge is 0.350 e. The molecule has 2 N–H and O–H groups in total. The van der Waals surface area contributed by atoms with Crippen molar-refractivity contribution in [2.24, 2.45) is 0 Å². The average Bonchev–Trinajstić information content (AvgIpc) is 2.37. The third-order valence-electron chi connectivity index (χ3n) is 3.14. The van der Waals surface area contributed by atoms with Gasteiger partial charge in [-0.3, -0.25) is 4.79 Å². The van der Waals surface area contributed by atoms with Gasteiger partial charge in [-0.1, -0.05) is 37.1 Å². The maximum atomic E-state index is 11.7. The molecular formula is C15H26N2O. The molecule has 1 rings (SSSR count). The van der Waals surface area contributed by atoms with Gasteiger partial charge >= 0.3 is 0 Å². The van der Waals surface area contributed by atoms with Gasteiger partial charge in [-0.05, 0) is 39.3 Å². The number of allylic oxidation sites excluding steroid dienone is 2. The van der Waals surface area contributed by atoms with E-state index < -0.39 is 0 Å². The van der Waals surface area contributed by atoms with Gasteiger partial charge in [-0.2, -0.15) is 0 Å². The molecule has 0 heterocycles. The minimum absolute atomic E-state index is 0.174. The second-order valence-corrected chi connectivity index (χ2v) is 4.86. The van der Waals surface area contributed by atoms with Crippen LogP contribution in [0.1, 0.15) is 45.4 Å². The maximum Gasteiger partial charge on any atom is 0.220 e. The quantitative estimate of drug-likeness (QED) is 0.650. The summed E-state index contributed by atoms with van der Waals surface area (Å²) in [6.45, 7) is 3.17. The van der Waals surface area contributed by atoms with Crippen molar-refractivity contribution in [3.63, 3.8) is 0 Å². The minimum atomic E-state index is 0.174. The van der Waals surface area contributed by atoms with Crippen LogP contribution in [0.5, 0.6) is 0 Å². The molecule has 3 heteroatoms. The lowest BCUT2D eigenvalue weighted by Gasteiger charge is -2.17. The maximum absolute atomic E-state index is 11.7. The van der Waals surface area contributed by atoms with Gasteiger partial charge in [0.05, 0.1) is 6.04 Å². The van der Waals surface area contributed by atoms with Gasteiger partial charge in [0.15, 0.2) is 0 Å². The van der Waals surface area contributed by atoms with E-state index in [1.165, 1.54) is 12.0 Å². The molecule has 0 radical (unpaired) electrons. The lowest BCUT2D eigenvalue weighted by Crippen LogP contribution is -2.33. The molecule has 102 valence electrons. The van der Waals surface area contributed by atoms with Crippen molar-refractivity contribution in [3.8, 4) is 0 Å². The summed E-state index contributed by atoms with van der Waals surface area (Å²) in [7, 11) is 1.94. The van der Waals surface area contributed by atoms with Gasteiger partial charge in [-0.15, -0.1) is 0 Å². The van der Waals surface area contributed by atoms with Crippen LogP contribution in [0.15, 0.2) is 23.8 Å². The monoisotopic (exact) mass is 250 g/mol. The molecule has 1 aliphatic carbocycles. The highest BCUT2D eigenvalue weighted by molar-refractivity contribution is 5.76.